The van der Waals surface area contributed by atoms with Crippen molar-refractivity contribution in [2.75, 3.05) is 24.7 Å². The molecule has 0 amide bonds. The second-order valence-corrected chi connectivity index (χ2v) is 6.93. The third-order valence-electron chi connectivity index (χ3n) is 3.35. The molecule has 0 aromatic heterocycles. The third kappa shape index (κ3) is 5.13. The van der Waals surface area contributed by atoms with Crippen molar-refractivity contribution >= 4 is 15.7 Å². The van der Waals surface area contributed by atoms with Crippen molar-refractivity contribution in [2.24, 2.45) is 0 Å². The van der Waals surface area contributed by atoms with Gasteiger partial charge in [0.15, 0.2) is 0 Å². The quantitative estimate of drug-likeness (QED) is 0.933. The van der Waals surface area contributed by atoms with E-state index in [9.17, 15) is 8.42 Å². The molecule has 114 valence electrons. The van der Waals surface area contributed by atoms with Gasteiger partial charge in [-0.1, -0.05) is 31.5 Å². The van der Waals surface area contributed by atoms with Crippen LogP contribution in [0.3, 0.4) is 0 Å². The first kappa shape index (κ1) is 17.0. The summed E-state index contributed by atoms with van der Waals surface area (Å²) in [6.07, 6.45) is 3.00. The Balaban J connectivity index is 0.000000956. The molecule has 0 unspecified atom stereocenters. The highest BCUT2D eigenvalue weighted by molar-refractivity contribution is 7.88. The van der Waals surface area contributed by atoms with Gasteiger partial charge in [0.1, 0.15) is 0 Å². The summed E-state index contributed by atoms with van der Waals surface area (Å²) >= 11 is 0. The van der Waals surface area contributed by atoms with E-state index in [0.29, 0.717) is 19.1 Å². The van der Waals surface area contributed by atoms with Gasteiger partial charge in [-0.3, -0.25) is 0 Å². The molecule has 0 aliphatic carbocycles. The van der Waals surface area contributed by atoms with E-state index in [1.807, 2.05) is 13.8 Å². The van der Waals surface area contributed by atoms with Crippen LogP contribution in [0.15, 0.2) is 24.3 Å². The van der Waals surface area contributed by atoms with Crippen molar-refractivity contribution in [1.82, 2.24) is 4.31 Å². The molecule has 1 fully saturated rings. The summed E-state index contributed by atoms with van der Waals surface area (Å²) in [6.45, 7) is 7.29. The second-order valence-electron chi connectivity index (χ2n) is 4.95. The zero-order valence-corrected chi connectivity index (χ0v) is 13.7. The van der Waals surface area contributed by atoms with Crippen LogP contribution in [0.1, 0.15) is 32.3 Å². The molecule has 0 saturated carbocycles. The van der Waals surface area contributed by atoms with E-state index in [0.717, 1.165) is 18.5 Å². The number of nitrogens with zero attached hydrogens (tertiary/aromatic N) is 1. The Morgan fingerprint density at radius 2 is 1.60 bits per heavy atom. The van der Waals surface area contributed by atoms with Crippen molar-refractivity contribution in [1.29, 1.82) is 0 Å². The van der Waals surface area contributed by atoms with Gasteiger partial charge in [-0.2, -0.15) is 0 Å². The number of rotatable bonds is 3. The lowest BCUT2D eigenvalue weighted by atomic mass is 10.1. The van der Waals surface area contributed by atoms with E-state index in [2.05, 4.69) is 36.5 Å². The first-order valence-corrected chi connectivity index (χ1v) is 9.08. The largest absolute Gasteiger partial charge is 0.382 e. The van der Waals surface area contributed by atoms with Crippen LogP contribution in [-0.4, -0.2) is 38.1 Å². The average molecular weight is 298 g/mol. The van der Waals surface area contributed by atoms with Crippen LogP contribution in [0.5, 0.6) is 0 Å². The number of hydrogen-bond acceptors (Lipinski definition) is 3. The van der Waals surface area contributed by atoms with Crippen LogP contribution in [0, 0.1) is 6.92 Å². The fourth-order valence-electron chi connectivity index (χ4n) is 2.22. The fraction of sp³-hybridized carbons (Fsp3) is 0.600. The predicted octanol–water partition coefficient (Wildman–Crippen LogP) is 2.86. The van der Waals surface area contributed by atoms with E-state index in [1.54, 1.807) is 4.31 Å². The zero-order chi connectivity index (χ0) is 15.2. The smallest absolute Gasteiger partial charge is 0.211 e. The summed E-state index contributed by atoms with van der Waals surface area (Å²) in [5, 5.41) is 3.46. The number of piperidine rings is 1. The summed E-state index contributed by atoms with van der Waals surface area (Å²) < 4.78 is 24.3. The zero-order valence-electron chi connectivity index (χ0n) is 12.9. The third-order valence-corrected chi connectivity index (χ3v) is 4.65. The normalized spacial score (nSPS) is 17.2. The number of sulfonamides is 1. The summed E-state index contributed by atoms with van der Waals surface area (Å²) in [4.78, 5) is 0. The second kappa shape index (κ2) is 7.64. The van der Waals surface area contributed by atoms with E-state index >= 15 is 0 Å². The summed E-state index contributed by atoms with van der Waals surface area (Å²) in [7, 11) is -3.02. The maximum Gasteiger partial charge on any atom is 0.211 e. The Bertz CT molecular complexity index is 489. The molecule has 1 aliphatic rings. The predicted molar refractivity (Wildman–Crippen MR) is 85.6 cm³/mol. The molecule has 5 heteroatoms. The van der Waals surface area contributed by atoms with Gasteiger partial charge in [0, 0.05) is 24.8 Å². The minimum atomic E-state index is -3.02. The first-order valence-electron chi connectivity index (χ1n) is 7.23. The van der Waals surface area contributed by atoms with Crippen molar-refractivity contribution in [3.63, 3.8) is 0 Å². The van der Waals surface area contributed by atoms with Crippen LogP contribution in [0.4, 0.5) is 5.69 Å². The fourth-order valence-corrected chi connectivity index (χ4v) is 3.09. The number of anilines is 1. The molecule has 1 aliphatic heterocycles. The SMILES string of the molecule is CC.Cc1ccc(NC2CCN(S(C)(=O)=O)CC2)cc1. The molecular weight excluding hydrogens is 272 g/mol. The Morgan fingerprint density at radius 3 is 2.05 bits per heavy atom. The topological polar surface area (TPSA) is 49.4 Å². The van der Waals surface area contributed by atoms with Crippen molar-refractivity contribution in [3.05, 3.63) is 29.8 Å². The highest BCUT2D eigenvalue weighted by atomic mass is 32.2. The molecule has 0 radical (unpaired) electrons. The van der Waals surface area contributed by atoms with E-state index in [4.69, 9.17) is 0 Å². The van der Waals surface area contributed by atoms with Crippen molar-refractivity contribution in [2.45, 2.75) is 39.7 Å². The van der Waals surface area contributed by atoms with Gasteiger partial charge in [-0.05, 0) is 31.9 Å². The van der Waals surface area contributed by atoms with Crippen LogP contribution < -0.4 is 5.32 Å². The summed E-state index contributed by atoms with van der Waals surface area (Å²) in [6, 6.07) is 8.66. The molecule has 1 heterocycles. The van der Waals surface area contributed by atoms with Gasteiger partial charge < -0.3 is 5.32 Å². The van der Waals surface area contributed by atoms with E-state index in [-0.39, 0.29) is 0 Å². The molecular formula is C15H26N2O2S. The molecule has 0 bridgehead atoms. The lowest BCUT2D eigenvalue weighted by Crippen LogP contribution is -2.41. The summed E-state index contributed by atoms with van der Waals surface area (Å²) in [5.41, 5.74) is 2.35. The van der Waals surface area contributed by atoms with Gasteiger partial charge >= 0.3 is 0 Å². The van der Waals surface area contributed by atoms with Gasteiger partial charge in [0.2, 0.25) is 10.0 Å². The van der Waals surface area contributed by atoms with Crippen molar-refractivity contribution in [3.8, 4) is 0 Å². The van der Waals surface area contributed by atoms with Crippen LogP contribution in [0.25, 0.3) is 0 Å². The standard InChI is InChI=1S/C13H20N2O2S.C2H6/c1-11-3-5-12(6-4-11)14-13-7-9-15(10-8-13)18(2,16)17;1-2/h3-6,13-14H,7-10H2,1-2H3;1-2H3. The van der Waals surface area contributed by atoms with Crippen LogP contribution in [0.2, 0.25) is 0 Å². The molecule has 4 nitrogen and oxygen atoms in total. The lowest BCUT2D eigenvalue weighted by Gasteiger charge is -2.31. The highest BCUT2D eigenvalue weighted by Crippen LogP contribution is 2.18. The number of hydrogen-bond donors (Lipinski definition) is 1. The molecule has 1 aromatic rings. The van der Waals surface area contributed by atoms with Gasteiger partial charge in [-0.15, -0.1) is 0 Å². The summed E-state index contributed by atoms with van der Waals surface area (Å²) in [5.74, 6) is 0. The molecule has 20 heavy (non-hydrogen) atoms. The molecule has 1 saturated heterocycles. The maximum absolute atomic E-state index is 11.4. The monoisotopic (exact) mass is 298 g/mol. The highest BCUT2D eigenvalue weighted by Gasteiger charge is 2.24. The number of benzene rings is 1. The Morgan fingerprint density at radius 1 is 1.10 bits per heavy atom. The lowest BCUT2D eigenvalue weighted by molar-refractivity contribution is 0.332. The van der Waals surface area contributed by atoms with Gasteiger partial charge in [-0.25, -0.2) is 12.7 Å². The molecule has 1 N–H and O–H groups in total. The Hall–Kier alpha value is -1.07. The maximum atomic E-state index is 11.4. The minimum Gasteiger partial charge on any atom is -0.382 e. The van der Waals surface area contributed by atoms with Gasteiger partial charge in [0.05, 0.1) is 6.26 Å². The van der Waals surface area contributed by atoms with E-state index < -0.39 is 10.0 Å². The number of nitrogens with one attached hydrogen (secondary N) is 1. The molecule has 2 rings (SSSR count). The minimum absolute atomic E-state index is 0.366. The molecule has 0 spiro atoms. The van der Waals surface area contributed by atoms with Gasteiger partial charge in [0.25, 0.3) is 0 Å². The van der Waals surface area contributed by atoms with Crippen LogP contribution >= 0.6 is 0 Å². The van der Waals surface area contributed by atoms with Crippen LogP contribution in [-0.2, 0) is 10.0 Å². The Kier molecular flexibility index (Phi) is 6.49. The molecule has 1 aromatic carbocycles. The van der Waals surface area contributed by atoms with E-state index in [1.165, 1.54) is 11.8 Å². The van der Waals surface area contributed by atoms with Crippen molar-refractivity contribution < 1.29 is 8.42 Å². The Labute approximate surface area is 123 Å². The first-order chi connectivity index (χ1) is 9.45. The molecule has 0 atom stereocenters. The number of aryl methyl sites for hydroxylation is 1. The average Bonchev–Trinajstić information content (AvgIpc) is 2.43.